The standard InChI is InChI=1S/C29H36FN9O2S/c1-15(21-10-16(30)14-39(21)3)41-23-11-20(19(32)13-36-35-2)37-28(38-23)25(33)17-6-4-8-29(26(17)40)9-5-7-22-24(29)18(12-31)27(34)42-22/h11,13,15-16,21,32-33,35,40H,4-10,14,34H2,1-3H3/b32-19?,33-25?,36-13-/t15-,16+,21-,29-/m0/s1. The van der Waals surface area contributed by atoms with Gasteiger partial charge in [0, 0.05) is 36.2 Å². The zero-order chi connectivity index (χ0) is 30.2. The number of aryl methyl sites for hydroxylation is 1. The van der Waals surface area contributed by atoms with Crippen LogP contribution in [0.3, 0.4) is 0 Å². The Balaban J connectivity index is 1.55. The quantitative estimate of drug-likeness (QED) is 0.225. The average molecular weight is 594 g/mol. The molecule has 1 spiro atoms. The van der Waals surface area contributed by atoms with Crippen LogP contribution in [0.1, 0.15) is 73.0 Å². The van der Waals surface area contributed by atoms with Crippen LogP contribution in [0.25, 0.3) is 0 Å². The van der Waals surface area contributed by atoms with Crippen LogP contribution in [0.5, 0.6) is 5.88 Å². The maximum Gasteiger partial charge on any atom is 0.217 e. The molecule has 1 fully saturated rings. The first-order valence-electron chi connectivity index (χ1n) is 14.1. The van der Waals surface area contributed by atoms with E-state index in [1.165, 1.54) is 23.6 Å². The topological polar surface area (TPSA) is 180 Å². The fourth-order valence-corrected chi connectivity index (χ4v) is 7.80. The number of fused-ring (bicyclic) bond motifs is 2. The van der Waals surface area contributed by atoms with Gasteiger partial charge in [-0.05, 0) is 64.5 Å². The van der Waals surface area contributed by atoms with Gasteiger partial charge in [-0.2, -0.15) is 15.3 Å². The summed E-state index contributed by atoms with van der Waals surface area (Å²) in [5, 5.41) is 43.8. The molecule has 3 heterocycles. The van der Waals surface area contributed by atoms with Crippen molar-refractivity contribution in [2.45, 2.75) is 75.6 Å². The van der Waals surface area contributed by atoms with Gasteiger partial charge in [0.1, 0.15) is 34.8 Å². The fourth-order valence-electron chi connectivity index (χ4n) is 6.64. The number of halogens is 1. The number of hydrogen-bond acceptors (Lipinski definition) is 12. The number of aliphatic hydroxyl groups excluding tert-OH is 1. The Kier molecular flexibility index (Phi) is 8.30. The number of hydrazone groups is 1. The van der Waals surface area contributed by atoms with Gasteiger partial charge in [0.15, 0.2) is 5.82 Å². The highest BCUT2D eigenvalue weighted by molar-refractivity contribution is 7.16. The third kappa shape index (κ3) is 5.25. The molecule has 3 aliphatic rings. The summed E-state index contributed by atoms with van der Waals surface area (Å²) in [6.45, 7) is 2.17. The van der Waals surface area contributed by atoms with Crippen molar-refractivity contribution in [1.82, 2.24) is 20.3 Å². The van der Waals surface area contributed by atoms with Crippen LogP contribution < -0.4 is 15.9 Å². The number of alkyl halides is 1. The van der Waals surface area contributed by atoms with Gasteiger partial charge in [-0.25, -0.2) is 9.37 Å². The van der Waals surface area contributed by atoms with Gasteiger partial charge in [0.2, 0.25) is 5.88 Å². The molecule has 2 aromatic heterocycles. The molecule has 0 amide bonds. The minimum absolute atomic E-state index is 0.000393. The maximum atomic E-state index is 14.1. The first kappa shape index (κ1) is 29.6. The number of nitrogens with two attached hydrogens (primary N) is 1. The van der Waals surface area contributed by atoms with E-state index in [1.807, 2.05) is 18.9 Å². The summed E-state index contributed by atoms with van der Waals surface area (Å²) in [5.74, 6) is 0.209. The van der Waals surface area contributed by atoms with Crippen molar-refractivity contribution in [2.75, 3.05) is 26.4 Å². The Morgan fingerprint density at radius 2 is 2.12 bits per heavy atom. The summed E-state index contributed by atoms with van der Waals surface area (Å²) in [7, 11) is 3.46. The molecule has 1 saturated heterocycles. The monoisotopic (exact) mass is 593 g/mol. The highest BCUT2D eigenvalue weighted by atomic mass is 32.1. The van der Waals surface area contributed by atoms with Crippen LogP contribution >= 0.6 is 11.3 Å². The molecular weight excluding hydrogens is 557 g/mol. The van der Waals surface area contributed by atoms with Crippen LogP contribution in [0.2, 0.25) is 0 Å². The van der Waals surface area contributed by atoms with Gasteiger partial charge in [-0.3, -0.25) is 15.7 Å². The Morgan fingerprint density at radius 1 is 1.38 bits per heavy atom. The van der Waals surface area contributed by atoms with Crippen LogP contribution in [0.15, 0.2) is 22.5 Å². The summed E-state index contributed by atoms with van der Waals surface area (Å²) in [6.07, 6.45) is 4.35. The molecule has 0 bridgehead atoms. The predicted molar refractivity (Wildman–Crippen MR) is 161 cm³/mol. The molecule has 11 nitrogen and oxygen atoms in total. The largest absolute Gasteiger partial charge is 0.511 e. The number of rotatable bonds is 8. The summed E-state index contributed by atoms with van der Waals surface area (Å²) in [4.78, 5) is 12.0. The number of likely N-dealkylation sites (N-methyl/N-ethyl adjacent to an activating group) is 1. The van der Waals surface area contributed by atoms with Gasteiger partial charge in [0.25, 0.3) is 0 Å². The average Bonchev–Trinajstić information content (AvgIpc) is 3.49. The van der Waals surface area contributed by atoms with E-state index < -0.39 is 17.7 Å². The summed E-state index contributed by atoms with van der Waals surface area (Å²) in [6, 6.07) is 3.60. The van der Waals surface area contributed by atoms with E-state index in [4.69, 9.17) is 21.3 Å². The number of aliphatic hydroxyl groups is 1. The Hall–Kier alpha value is -3.89. The number of hydrogen-bond donors (Lipinski definition) is 5. The third-order valence-corrected chi connectivity index (χ3v) is 9.68. The molecule has 0 aromatic carbocycles. The molecular formula is C29H36FN9O2S. The molecule has 4 atom stereocenters. The highest BCUT2D eigenvalue weighted by Crippen LogP contribution is 2.54. The minimum atomic E-state index is -0.935. The number of aromatic nitrogens is 2. The van der Waals surface area contributed by atoms with E-state index >= 15 is 0 Å². The second-order valence-corrected chi connectivity index (χ2v) is 12.4. The molecule has 0 saturated carbocycles. The smallest absolute Gasteiger partial charge is 0.217 e. The van der Waals surface area contributed by atoms with Gasteiger partial charge in [-0.15, -0.1) is 11.3 Å². The molecule has 2 aromatic rings. The number of thiophene rings is 1. The van der Waals surface area contributed by atoms with Crippen molar-refractivity contribution in [1.29, 1.82) is 16.1 Å². The normalized spacial score (nSPS) is 24.9. The molecule has 5 rings (SSSR count). The number of nitrogen functional groups attached to an aromatic ring is 1. The molecule has 0 radical (unpaired) electrons. The van der Waals surface area contributed by atoms with E-state index in [0.29, 0.717) is 54.8 Å². The molecule has 1 aliphatic heterocycles. The summed E-state index contributed by atoms with van der Waals surface area (Å²) >= 11 is 1.41. The SMILES string of the molecule is CN/N=C\C(=N)c1cc(O[C@@H](C)[C@@H]2C[C@@H](F)CN2C)nc(C(=N)C2=C(O)[C@@]3(CCC2)CCCc2sc(N)c(C#N)c23)n1. The lowest BCUT2D eigenvalue weighted by molar-refractivity contribution is 0.116. The van der Waals surface area contributed by atoms with E-state index in [0.717, 1.165) is 23.3 Å². The van der Waals surface area contributed by atoms with Crippen LogP contribution in [0, 0.1) is 22.1 Å². The van der Waals surface area contributed by atoms with Crippen molar-refractivity contribution < 1.29 is 14.2 Å². The van der Waals surface area contributed by atoms with Crippen molar-refractivity contribution in [3.63, 3.8) is 0 Å². The lowest BCUT2D eigenvalue weighted by Gasteiger charge is -2.41. The number of nitrogens with one attached hydrogen (secondary N) is 3. The van der Waals surface area contributed by atoms with E-state index in [9.17, 15) is 14.8 Å². The van der Waals surface area contributed by atoms with Gasteiger partial charge in [-0.1, -0.05) is 0 Å². The Labute approximate surface area is 248 Å². The zero-order valence-corrected chi connectivity index (χ0v) is 24.8. The molecule has 13 heteroatoms. The second kappa shape index (κ2) is 11.8. The van der Waals surface area contributed by atoms with Crippen molar-refractivity contribution in [2.24, 2.45) is 5.10 Å². The van der Waals surface area contributed by atoms with E-state index in [-0.39, 0.29) is 40.6 Å². The molecule has 222 valence electrons. The minimum Gasteiger partial charge on any atom is -0.511 e. The Bertz CT molecular complexity index is 1510. The number of likely N-dealkylation sites (tertiary alicyclic amines) is 1. The van der Waals surface area contributed by atoms with Crippen LogP contribution in [0.4, 0.5) is 9.39 Å². The predicted octanol–water partition coefficient (Wildman–Crippen LogP) is 4.01. The zero-order valence-electron chi connectivity index (χ0n) is 24.0. The summed E-state index contributed by atoms with van der Waals surface area (Å²) < 4.78 is 20.2. The number of nitriles is 1. The third-order valence-electron chi connectivity index (χ3n) is 8.60. The number of allylic oxidation sites excluding steroid dienone is 2. The Morgan fingerprint density at radius 3 is 2.79 bits per heavy atom. The number of ether oxygens (including phenoxy) is 1. The number of nitrogens with zero attached hydrogens (tertiary/aromatic N) is 5. The van der Waals surface area contributed by atoms with E-state index in [1.54, 1.807) is 7.05 Å². The second-order valence-electron chi connectivity index (χ2n) is 11.2. The van der Waals surface area contributed by atoms with Gasteiger partial charge in [0.05, 0.1) is 28.6 Å². The van der Waals surface area contributed by atoms with Crippen molar-refractivity contribution in [3.8, 4) is 11.9 Å². The summed E-state index contributed by atoms with van der Waals surface area (Å²) in [5.41, 5.74) is 9.75. The van der Waals surface area contributed by atoms with Crippen LogP contribution in [-0.2, 0) is 11.8 Å². The fraction of sp³-hybridized carbons (Fsp3) is 0.517. The molecule has 6 N–H and O–H groups in total. The van der Waals surface area contributed by atoms with Crippen molar-refractivity contribution >= 4 is 34.0 Å². The first-order valence-corrected chi connectivity index (χ1v) is 14.9. The number of anilines is 1. The van der Waals surface area contributed by atoms with Crippen molar-refractivity contribution in [3.05, 3.63) is 44.9 Å². The molecule has 42 heavy (non-hydrogen) atoms. The molecule has 2 aliphatic carbocycles. The first-order chi connectivity index (χ1) is 20.1. The highest BCUT2D eigenvalue weighted by Gasteiger charge is 2.47. The van der Waals surface area contributed by atoms with Gasteiger partial charge < -0.3 is 21.0 Å². The van der Waals surface area contributed by atoms with E-state index in [2.05, 4.69) is 26.6 Å². The maximum absolute atomic E-state index is 14.1. The lowest BCUT2D eigenvalue weighted by atomic mass is 9.63. The lowest BCUT2D eigenvalue weighted by Crippen LogP contribution is -2.38. The van der Waals surface area contributed by atoms with Gasteiger partial charge >= 0.3 is 0 Å². The molecule has 0 unspecified atom stereocenters. The van der Waals surface area contributed by atoms with Crippen LogP contribution in [-0.4, -0.2) is 76.6 Å².